The third-order valence-electron chi connectivity index (χ3n) is 4.76. The molecule has 5 nitrogen and oxygen atoms in total. The van der Waals surface area contributed by atoms with Crippen LogP contribution in [0.2, 0.25) is 5.02 Å². The van der Waals surface area contributed by atoms with E-state index in [1.54, 1.807) is 35.8 Å². The van der Waals surface area contributed by atoms with E-state index in [0.29, 0.717) is 32.5 Å². The van der Waals surface area contributed by atoms with Crippen LogP contribution in [-0.4, -0.2) is 16.0 Å². The number of benzene rings is 1. The summed E-state index contributed by atoms with van der Waals surface area (Å²) in [5, 5.41) is 13.9. The number of aromatic nitrogens is 2. The molecule has 0 saturated carbocycles. The van der Waals surface area contributed by atoms with E-state index in [-0.39, 0.29) is 5.56 Å². The topological polar surface area (TPSA) is 73.9 Å². The lowest BCUT2D eigenvalue weighted by Crippen LogP contribution is -2.17. The lowest BCUT2D eigenvalue weighted by atomic mass is 9.96. The molecule has 0 bridgehead atoms. The van der Waals surface area contributed by atoms with Gasteiger partial charge in [0, 0.05) is 21.8 Å². The Morgan fingerprint density at radius 2 is 2.19 bits per heavy atom. The predicted octanol–water partition coefficient (Wildman–Crippen LogP) is 4.69. The molecule has 3 aromatic rings. The van der Waals surface area contributed by atoms with Gasteiger partial charge in [0.2, 0.25) is 0 Å². The Balaban J connectivity index is 1.73. The van der Waals surface area contributed by atoms with Crippen LogP contribution in [0, 0.1) is 18.3 Å². The standard InChI is InChI=1S/C20H17ClN4OS/c1-12-17(20(26)25(24-12)14-6-4-5-13(21)9-14)11-23-19-16(10-22)15-7-2-3-8-18(15)27-19/h4-6,9,11,24H,2-3,7-8H2,1H3. The fourth-order valence-corrected chi connectivity index (χ4v) is 4.76. The first-order valence-corrected chi connectivity index (χ1v) is 9.94. The van der Waals surface area contributed by atoms with E-state index in [9.17, 15) is 10.1 Å². The molecule has 0 spiro atoms. The van der Waals surface area contributed by atoms with Crippen molar-refractivity contribution in [3.8, 4) is 11.8 Å². The number of hydrogen-bond donors (Lipinski definition) is 1. The van der Waals surface area contributed by atoms with E-state index in [0.717, 1.165) is 31.2 Å². The van der Waals surface area contributed by atoms with E-state index in [4.69, 9.17) is 11.6 Å². The molecule has 2 aromatic heterocycles. The summed E-state index contributed by atoms with van der Waals surface area (Å²) in [4.78, 5) is 18.6. The van der Waals surface area contributed by atoms with Crippen LogP contribution in [0.4, 0.5) is 5.00 Å². The summed E-state index contributed by atoms with van der Waals surface area (Å²) in [7, 11) is 0. The summed E-state index contributed by atoms with van der Waals surface area (Å²) in [6.07, 6.45) is 5.78. The quantitative estimate of drug-likeness (QED) is 0.652. The smallest absolute Gasteiger partial charge is 0.280 e. The number of fused-ring (bicyclic) bond motifs is 1. The van der Waals surface area contributed by atoms with Crippen molar-refractivity contribution in [1.82, 2.24) is 9.78 Å². The molecule has 1 aromatic carbocycles. The fraction of sp³-hybridized carbons (Fsp3) is 0.250. The maximum absolute atomic E-state index is 12.8. The highest BCUT2D eigenvalue weighted by Gasteiger charge is 2.20. The van der Waals surface area contributed by atoms with E-state index in [2.05, 4.69) is 16.2 Å². The fourth-order valence-electron chi connectivity index (χ4n) is 3.39. The third kappa shape index (κ3) is 3.25. The van der Waals surface area contributed by atoms with E-state index in [1.165, 1.54) is 9.56 Å². The van der Waals surface area contributed by atoms with Gasteiger partial charge in [-0.15, -0.1) is 11.3 Å². The minimum absolute atomic E-state index is 0.196. The highest BCUT2D eigenvalue weighted by Crippen LogP contribution is 2.39. The Morgan fingerprint density at radius 1 is 1.37 bits per heavy atom. The van der Waals surface area contributed by atoms with Gasteiger partial charge in [0.25, 0.3) is 5.56 Å². The molecule has 2 heterocycles. The zero-order valence-electron chi connectivity index (χ0n) is 14.8. The average Bonchev–Trinajstić information content (AvgIpc) is 3.16. The minimum Gasteiger partial charge on any atom is -0.295 e. The zero-order valence-corrected chi connectivity index (χ0v) is 16.3. The van der Waals surface area contributed by atoms with Gasteiger partial charge >= 0.3 is 0 Å². The number of hydrogen-bond acceptors (Lipinski definition) is 4. The Kier molecular flexibility index (Phi) is 4.73. The SMILES string of the molecule is Cc1[nH]n(-c2cccc(Cl)c2)c(=O)c1C=Nc1sc2c(c1C#N)CCCC2. The monoisotopic (exact) mass is 396 g/mol. The van der Waals surface area contributed by atoms with Crippen molar-refractivity contribution >= 4 is 34.2 Å². The van der Waals surface area contributed by atoms with Crippen molar-refractivity contribution in [2.75, 3.05) is 0 Å². The summed E-state index contributed by atoms with van der Waals surface area (Å²) >= 11 is 7.60. The molecule has 0 unspecified atom stereocenters. The van der Waals surface area contributed by atoms with Crippen LogP contribution < -0.4 is 5.56 Å². The van der Waals surface area contributed by atoms with Crippen molar-refractivity contribution in [2.45, 2.75) is 32.6 Å². The molecule has 0 aliphatic heterocycles. The van der Waals surface area contributed by atoms with Gasteiger partial charge < -0.3 is 0 Å². The number of thiophene rings is 1. The Bertz CT molecular complexity index is 1150. The van der Waals surface area contributed by atoms with Crippen LogP contribution in [0.25, 0.3) is 5.69 Å². The molecule has 1 aliphatic rings. The van der Waals surface area contributed by atoms with Crippen LogP contribution in [0.5, 0.6) is 0 Å². The van der Waals surface area contributed by atoms with E-state index in [1.807, 2.05) is 13.0 Å². The molecule has 27 heavy (non-hydrogen) atoms. The average molecular weight is 397 g/mol. The molecule has 0 saturated heterocycles. The van der Waals surface area contributed by atoms with E-state index >= 15 is 0 Å². The summed E-state index contributed by atoms with van der Waals surface area (Å²) in [5.74, 6) is 0. The number of nitrogens with one attached hydrogen (secondary N) is 1. The Morgan fingerprint density at radius 3 is 2.96 bits per heavy atom. The Hall–Kier alpha value is -2.62. The van der Waals surface area contributed by atoms with Crippen molar-refractivity contribution in [2.24, 2.45) is 4.99 Å². The number of aryl methyl sites for hydroxylation is 2. The van der Waals surface area contributed by atoms with Crippen molar-refractivity contribution in [1.29, 1.82) is 5.26 Å². The van der Waals surface area contributed by atoms with Crippen molar-refractivity contribution in [3.63, 3.8) is 0 Å². The highest BCUT2D eigenvalue weighted by atomic mass is 35.5. The second kappa shape index (κ2) is 7.18. The summed E-state index contributed by atoms with van der Waals surface area (Å²) < 4.78 is 1.45. The van der Waals surface area contributed by atoms with Crippen LogP contribution in [-0.2, 0) is 12.8 Å². The van der Waals surface area contributed by atoms with Crippen LogP contribution in [0.3, 0.4) is 0 Å². The lowest BCUT2D eigenvalue weighted by molar-refractivity contribution is 0.696. The molecule has 0 atom stereocenters. The maximum atomic E-state index is 12.8. The number of aliphatic imine (C=N–C) groups is 1. The first kappa shape index (κ1) is 17.8. The molecular weight excluding hydrogens is 380 g/mol. The molecular formula is C20H17ClN4OS. The van der Waals surface area contributed by atoms with Gasteiger partial charge in [-0.25, -0.2) is 9.67 Å². The van der Waals surface area contributed by atoms with Gasteiger partial charge in [0.05, 0.1) is 16.8 Å². The number of aromatic amines is 1. The van der Waals surface area contributed by atoms with Crippen molar-refractivity contribution in [3.05, 3.63) is 66.9 Å². The third-order valence-corrected chi connectivity index (χ3v) is 6.19. The first-order chi connectivity index (χ1) is 13.1. The second-order valence-electron chi connectivity index (χ2n) is 6.53. The molecule has 1 N–H and O–H groups in total. The lowest BCUT2D eigenvalue weighted by Gasteiger charge is -2.09. The van der Waals surface area contributed by atoms with Crippen molar-refractivity contribution < 1.29 is 0 Å². The largest absolute Gasteiger partial charge is 0.295 e. The number of nitriles is 1. The maximum Gasteiger partial charge on any atom is 0.280 e. The molecule has 0 fully saturated rings. The summed E-state index contributed by atoms with van der Waals surface area (Å²) in [6.45, 7) is 1.83. The molecule has 7 heteroatoms. The number of halogens is 1. The number of H-pyrrole nitrogens is 1. The van der Waals surface area contributed by atoms with Crippen LogP contribution >= 0.6 is 22.9 Å². The Labute approximate surface area is 165 Å². The van der Waals surface area contributed by atoms with Crippen LogP contribution in [0.15, 0.2) is 34.1 Å². The zero-order chi connectivity index (χ0) is 19.0. The highest BCUT2D eigenvalue weighted by molar-refractivity contribution is 7.16. The van der Waals surface area contributed by atoms with Gasteiger partial charge in [-0.1, -0.05) is 17.7 Å². The molecule has 136 valence electrons. The van der Waals surface area contributed by atoms with Gasteiger partial charge in [-0.3, -0.25) is 9.89 Å². The van der Waals surface area contributed by atoms with Gasteiger partial charge in [0.15, 0.2) is 0 Å². The van der Waals surface area contributed by atoms with Gasteiger partial charge in [-0.05, 0) is 56.4 Å². The first-order valence-electron chi connectivity index (χ1n) is 8.74. The van der Waals surface area contributed by atoms with Gasteiger partial charge in [0.1, 0.15) is 11.1 Å². The molecule has 0 radical (unpaired) electrons. The predicted molar refractivity (Wildman–Crippen MR) is 109 cm³/mol. The van der Waals surface area contributed by atoms with Crippen LogP contribution in [0.1, 0.15) is 40.1 Å². The minimum atomic E-state index is -0.196. The molecule has 1 aliphatic carbocycles. The van der Waals surface area contributed by atoms with Gasteiger partial charge in [-0.2, -0.15) is 5.26 Å². The van der Waals surface area contributed by atoms with E-state index < -0.39 is 0 Å². The molecule has 0 amide bonds. The second-order valence-corrected chi connectivity index (χ2v) is 8.05. The summed E-state index contributed by atoms with van der Waals surface area (Å²) in [5.41, 5.74) is 3.46. The summed E-state index contributed by atoms with van der Waals surface area (Å²) in [6, 6.07) is 9.39. The number of nitrogens with zero attached hydrogens (tertiary/aromatic N) is 3. The molecule has 4 rings (SSSR count). The normalized spacial score (nSPS) is 13.7. The number of rotatable bonds is 3.